The minimum atomic E-state index is 0.604. The molecule has 2 fully saturated rings. The summed E-state index contributed by atoms with van der Waals surface area (Å²) < 4.78 is 0. The maximum Gasteiger partial charge on any atom is -0.0297 e. The van der Waals surface area contributed by atoms with E-state index in [2.05, 4.69) is 26.5 Å². The van der Waals surface area contributed by atoms with Gasteiger partial charge in [-0.15, -0.1) is 6.58 Å². The Hall–Kier alpha value is -0.260. The van der Waals surface area contributed by atoms with Crippen molar-refractivity contribution < 1.29 is 0 Å². The molecule has 2 unspecified atom stereocenters. The lowest BCUT2D eigenvalue weighted by Crippen LogP contribution is -2.29. The molecule has 0 aromatic carbocycles. The Balaban J connectivity index is 1.93. The first-order valence-electron chi connectivity index (χ1n) is 7.25. The molecule has 2 atom stereocenters. The Labute approximate surface area is 102 Å². The Kier molecular flexibility index (Phi) is 3.77. The van der Waals surface area contributed by atoms with Gasteiger partial charge < -0.3 is 0 Å². The zero-order chi connectivity index (χ0) is 11.6. The SMILES string of the molecule is C=CCC1CCC(C(C)(C)C2CCCC2)C1. The molecule has 0 aromatic heterocycles. The van der Waals surface area contributed by atoms with Crippen LogP contribution in [0.15, 0.2) is 12.7 Å². The predicted octanol–water partition coefficient (Wildman–Crippen LogP) is 5.20. The zero-order valence-corrected chi connectivity index (χ0v) is 11.2. The van der Waals surface area contributed by atoms with E-state index < -0.39 is 0 Å². The topological polar surface area (TPSA) is 0 Å². The molecule has 0 saturated heterocycles. The highest BCUT2D eigenvalue weighted by atomic mass is 14.5. The highest BCUT2D eigenvalue weighted by molar-refractivity contribution is 4.93. The first kappa shape index (κ1) is 12.2. The summed E-state index contributed by atoms with van der Waals surface area (Å²) in [6.45, 7) is 8.98. The van der Waals surface area contributed by atoms with E-state index in [4.69, 9.17) is 0 Å². The molecule has 0 aromatic rings. The maximum absolute atomic E-state index is 3.89. The summed E-state index contributed by atoms with van der Waals surface area (Å²) >= 11 is 0. The number of allylic oxidation sites excluding steroid dienone is 1. The van der Waals surface area contributed by atoms with Gasteiger partial charge in [-0.05, 0) is 61.7 Å². The monoisotopic (exact) mass is 220 g/mol. The molecular formula is C16H28. The molecule has 2 aliphatic carbocycles. The van der Waals surface area contributed by atoms with Crippen molar-refractivity contribution in [3.8, 4) is 0 Å². The summed E-state index contributed by atoms with van der Waals surface area (Å²) in [6, 6.07) is 0. The second kappa shape index (κ2) is 4.94. The molecular weight excluding hydrogens is 192 g/mol. The van der Waals surface area contributed by atoms with E-state index in [1.807, 2.05) is 0 Å². The molecule has 2 aliphatic rings. The van der Waals surface area contributed by atoms with Crippen molar-refractivity contribution >= 4 is 0 Å². The summed E-state index contributed by atoms with van der Waals surface area (Å²) in [6.07, 6.45) is 13.7. The van der Waals surface area contributed by atoms with Crippen LogP contribution in [0.4, 0.5) is 0 Å². The zero-order valence-electron chi connectivity index (χ0n) is 11.2. The fourth-order valence-corrected chi connectivity index (χ4v) is 4.20. The largest absolute Gasteiger partial charge is 0.103 e. The van der Waals surface area contributed by atoms with Crippen molar-refractivity contribution in [2.24, 2.45) is 23.2 Å². The summed E-state index contributed by atoms with van der Waals surface area (Å²) in [7, 11) is 0. The average Bonchev–Trinajstić information content (AvgIpc) is 2.88. The average molecular weight is 220 g/mol. The molecule has 0 heteroatoms. The summed E-state index contributed by atoms with van der Waals surface area (Å²) in [5.74, 6) is 2.95. The minimum absolute atomic E-state index is 0.604. The van der Waals surface area contributed by atoms with Gasteiger partial charge in [0.15, 0.2) is 0 Å². The normalized spacial score (nSPS) is 32.1. The number of rotatable bonds is 4. The van der Waals surface area contributed by atoms with Gasteiger partial charge in [0, 0.05) is 0 Å². The van der Waals surface area contributed by atoms with E-state index in [0.29, 0.717) is 5.41 Å². The Morgan fingerprint density at radius 2 is 1.75 bits per heavy atom. The van der Waals surface area contributed by atoms with Gasteiger partial charge in [-0.2, -0.15) is 0 Å². The summed E-state index contributed by atoms with van der Waals surface area (Å²) in [5, 5.41) is 0. The van der Waals surface area contributed by atoms with E-state index in [-0.39, 0.29) is 0 Å². The molecule has 2 saturated carbocycles. The van der Waals surface area contributed by atoms with Crippen molar-refractivity contribution in [3.63, 3.8) is 0 Å². The molecule has 16 heavy (non-hydrogen) atoms. The first-order valence-corrected chi connectivity index (χ1v) is 7.25. The van der Waals surface area contributed by atoms with Gasteiger partial charge in [-0.3, -0.25) is 0 Å². The van der Waals surface area contributed by atoms with Gasteiger partial charge >= 0.3 is 0 Å². The van der Waals surface area contributed by atoms with Crippen LogP contribution < -0.4 is 0 Å². The minimum Gasteiger partial charge on any atom is -0.103 e. The summed E-state index contributed by atoms with van der Waals surface area (Å²) in [5.41, 5.74) is 0.604. The fourth-order valence-electron chi connectivity index (χ4n) is 4.20. The lowest BCUT2D eigenvalue weighted by molar-refractivity contribution is 0.117. The van der Waals surface area contributed by atoms with Crippen molar-refractivity contribution in [1.29, 1.82) is 0 Å². The molecule has 0 spiro atoms. The van der Waals surface area contributed by atoms with E-state index in [9.17, 15) is 0 Å². The second-order valence-electron chi connectivity index (χ2n) is 6.70. The Morgan fingerprint density at radius 1 is 1.06 bits per heavy atom. The van der Waals surface area contributed by atoms with Gasteiger partial charge in [0.25, 0.3) is 0 Å². The lowest BCUT2D eigenvalue weighted by Gasteiger charge is -2.38. The van der Waals surface area contributed by atoms with Crippen LogP contribution in [0.1, 0.15) is 65.2 Å². The Bertz CT molecular complexity index is 232. The van der Waals surface area contributed by atoms with Crippen LogP contribution in [0, 0.1) is 23.2 Å². The fraction of sp³-hybridized carbons (Fsp3) is 0.875. The second-order valence-corrected chi connectivity index (χ2v) is 6.70. The highest BCUT2D eigenvalue weighted by Gasteiger charge is 2.41. The third-order valence-corrected chi connectivity index (χ3v) is 5.50. The third-order valence-electron chi connectivity index (χ3n) is 5.50. The molecule has 0 amide bonds. The molecule has 0 heterocycles. The standard InChI is InChI=1S/C16H28/c1-4-7-13-10-11-15(12-13)16(2,3)14-8-5-6-9-14/h4,13-15H,1,5-12H2,2-3H3. The van der Waals surface area contributed by atoms with E-state index in [1.54, 1.807) is 0 Å². The molecule has 2 rings (SSSR count). The maximum atomic E-state index is 3.89. The van der Waals surface area contributed by atoms with Gasteiger partial charge in [-0.25, -0.2) is 0 Å². The molecule has 92 valence electrons. The van der Waals surface area contributed by atoms with Gasteiger partial charge in [0.05, 0.1) is 0 Å². The van der Waals surface area contributed by atoms with Crippen molar-refractivity contribution in [1.82, 2.24) is 0 Å². The summed E-state index contributed by atoms with van der Waals surface area (Å²) in [4.78, 5) is 0. The van der Waals surface area contributed by atoms with Crippen molar-refractivity contribution in [2.45, 2.75) is 65.2 Å². The van der Waals surface area contributed by atoms with Crippen molar-refractivity contribution in [2.75, 3.05) is 0 Å². The van der Waals surface area contributed by atoms with Crippen LogP contribution in [0.2, 0.25) is 0 Å². The lowest BCUT2D eigenvalue weighted by atomic mass is 9.67. The smallest absolute Gasteiger partial charge is 0.0297 e. The van der Waals surface area contributed by atoms with Crippen LogP contribution in [-0.2, 0) is 0 Å². The van der Waals surface area contributed by atoms with Crippen LogP contribution in [0.25, 0.3) is 0 Å². The van der Waals surface area contributed by atoms with E-state index in [1.165, 1.54) is 51.4 Å². The van der Waals surface area contributed by atoms with Crippen LogP contribution in [0.3, 0.4) is 0 Å². The first-order chi connectivity index (χ1) is 7.64. The van der Waals surface area contributed by atoms with E-state index in [0.717, 1.165) is 17.8 Å². The Morgan fingerprint density at radius 3 is 2.38 bits per heavy atom. The van der Waals surface area contributed by atoms with E-state index >= 15 is 0 Å². The van der Waals surface area contributed by atoms with Crippen LogP contribution in [0.5, 0.6) is 0 Å². The molecule has 0 N–H and O–H groups in total. The van der Waals surface area contributed by atoms with Gasteiger partial charge in [0.2, 0.25) is 0 Å². The van der Waals surface area contributed by atoms with Gasteiger partial charge in [-0.1, -0.05) is 32.8 Å². The number of hydrogen-bond donors (Lipinski definition) is 0. The van der Waals surface area contributed by atoms with Crippen LogP contribution in [-0.4, -0.2) is 0 Å². The predicted molar refractivity (Wildman–Crippen MR) is 71.4 cm³/mol. The molecule has 0 radical (unpaired) electrons. The van der Waals surface area contributed by atoms with Gasteiger partial charge in [0.1, 0.15) is 0 Å². The number of hydrogen-bond acceptors (Lipinski definition) is 0. The molecule has 0 nitrogen and oxygen atoms in total. The highest BCUT2D eigenvalue weighted by Crippen LogP contribution is 2.51. The van der Waals surface area contributed by atoms with Crippen molar-refractivity contribution in [3.05, 3.63) is 12.7 Å². The molecule has 0 aliphatic heterocycles. The molecule has 0 bridgehead atoms. The quantitative estimate of drug-likeness (QED) is 0.572. The van der Waals surface area contributed by atoms with Crippen LogP contribution >= 0.6 is 0 Å². The third kappa shape index (κ3) is 2.36.